The van der Waals surface area contributed by atoms with Crippen LogP contribution in [0, 0.1) is 6.92 Å². The van der Waals surface area contributed by atoms with Crippen LogP contribution in [0.5, 0.6) is 5.75 Å². The Bertz CT molecular complexity index is 1270. The van der Waals surface area contributed by atoms with Crippen molar-refractivity contribution in [1.82, 2.24) is 30.8 Å². The normalized spacial score (nSPS) is 13.5. The first-order chi connectivity index (χ1) is 15.7. The van der Waals surface area contributed by atoms with Crippen molar-refractivity contribution in [2.24, 2.45) is 0 Å². The number of hydrazine groups is 1. The predicted molar refractivity (Wildman–Crippen MR) is 111 cm³/mol. The largest absolute Gasteiger partial charge is 0.573 e. The van der Waals surface area contributed by atoms with Gasteiger partial charge in [0.25, 0.3) is 5.91 Å². The molecule has 172 valence electrons. The molecular weight excluding hydrogens is 441 g/mol. The standard InChI is InChI=1S/C21H19F3N6O3/c1-3-32-18-11-9-16(27-28-18)26-20(31)19-12(2)25-17-10-8-14(29-30(17)19)13-6-4-5-7-15(13)33-21(22,23)24/h4-11,27-28H,3H2,1-2H3,(H,26,31). The minimum Gasteiger partial charge on any atom is -0.478 e. The van der Waals surface area contributed by atoms with Crippen molar-refractivity contribution < 1.29 is 27.4 Å². The molecule has 4 rings (SSSR count). The summed E-state index contributed by atoms with van der Waals surface area (Å²) in [6, 6.07) is 8.71. The molecule has 12 heteroatoms. The van der Waals surface area contributed by atoms with Crippen LogP contribution in [0.3, 0.4) is 0 Å². The molecule has 0 saturated heterocycles. The number of hydrogen-bond donors (Lipinski definition) is 3. The molecule has 1 aliphatic heterocycles. The van der Waals surface area contributed by atoms with Gasteiger partial charge in [-0.3, -0.25) is 15.6 Å². The molecule has 1 aliphatic rings. The van der Waals surface area contributed by atoms with Crippen LogP contribution in [0.25, 0.3) is 16.9 Å². The van der Waals surface area contributed by atoms with Gasteiger partial charge in [0.15, 0.2) is 11.3 Å². The van der Waals surface area contributed by atoms with Gasteiger partial charge < -0.3 is 14.8 Å². The van der Waals surface area contributed by atoms with Crippen LogP contribution in [0.1, 0.15) is 23.1 Å². The van der Waals surface area contributed by atoms with E-state index in [2.05, 4.69) is 31.0 Å². The number of nitrogens with one attached hydrogen (secondary N) is 3. The maximum Gasteiger partial charge on any atom is 0.573 e. The molecule has 0 aliphatic carbocycles. The molecule has 0 atom stereocenters. The lowest BCUT2D eigenvalue weighted by atomic mass is 10.1. The topological polar surface area (TPSA) is 102 Å². The van der Waals surface area contributed by atoms with E-state index in [-0.39, 0.29) is 17.0 Å². The van der Waals surface area contributed by atoms with Crippen LogP contribution in [-0.2, 0) is 4.74 Å². The number of aromatic nitrogens is 3. The fourth-order valence-electron chi connectivity index (χ4n) is 3.21. The fourth-order valence-corrected chi connectivity index (χ4v) is 3.21. The van der Waals surface area contributed by atoms with Crippen LogP contribution in [0.2, 0.25) is 0 Å². The number of alkyl halides is 3. The highest BCUT2D eigenvalue weighted by Crippen LogP contribution is 2.32. The van der Waals surface area contributed by atoms with E-state index in [1.54, 1.807) is 31.2 Å². The zero-order valence-corrected chi connectivity index (χ0v) is 17.5. The smallest absolute Gasteiger partial charge is 0.478 e. The summed E-state index contributed by atoms with van der Waals surface area (Å²) >= 11 is 0. The third-order valence-electron chi connectivity index (χ3n) is 4.53. The Morgan fingerprint density at radius 1 is 1.15 bits per heavy atom. The zero-order chi connectivity index (χ0) is 23.6. The molecule has 0 fully saturated rings. The molecule has 3 N–H and O–H groups in total. The number of ether oxygens (including phenoxy) is 2. The predicted octanol–water partition coefficient (Wildman–Crippen LogP) is 3.16. The van der Waals surface area contributed by atoms with Gasteiger partial charge in [0.1, 0.15) is 11.6 Å². The van der Waals surface area contributed by atoms with E-state index in [1.165, 1.54) is 28.8 Å². The highest BCUT2D eigenvalue weighted by Gasteiger charge is 2.32. The van der Waals surface area contributed by atoms with E-state index < -0.39 is 18.0 Å². The maximum absolute atomic E-state index is 13.0. The zero-order valence-electron chi connectivity index (χ0n) is 17.5. The number of hydrogen-bond acceptors (Lipinski definition) is 7. The number of benzene rings is 1. The summed E-state index contributed by atoms with van der Waals surface area (Å²) in [5, 5.41) is 7.06. The van der Waals surface area contributed by atoms with Gasteiger partial charge in [0.05, 0.1) is 18.0 Å². The Morgan fingerprint density at radius 2 is 1.94 bits per heavy atom. The van der Waals surface area contributed by atoms with Crippen molar-refractivity contribution in [2.45, 2.75) is 20.2 Å². The van der Waals surface area contributed by atoms with Gasteiger partial charge in [-0.1, -0.05) is 12.1 Å². The molecule has 0 bridgehead atoms. The van der Waals surface area contributed by atoms with Crippen LogP contribution in [0.4, 0.5) is 13.2 Å². The quantitative estimate of drug-likeness (QED) is 0.520. The molecule has 9 nitrogen and oxygen atoms in total. The molecule has 2 aromatic heterocycles. The Morgan fingerprint density at radius 3 is 2.64 bits per heavy atom. The van der Waals surface area contributed by atoms with Crippen LogP contribution >= 0.6 is 0 Å². The summed E-state index contributed by atoms with van der Waals surface area (Å²) in [6.07, 6.45) is -1.60. The van der Waals surface area contributed by atoms with Gasteiger partial charge in [0.2, 0.25) is 5.88 Å². The number of carbonyl (C=O) groups is 1. The number of nitrogens with zero attached hydrogens (tertiary/aromatic N) is 3. The number of imidazole rings is 1. The van der Waals surface area contributed by atoms with Crippen LogP contribution in [0.15, 0.2) is 60.3 Å². The first-order valence-corrected chi connectivity index (χ1v) is 9.85. The summed E-state index contributed by atoms with van der Waals surface area (Å²) in [5.41, 5.74) is 6.76. The number of para-hydroxylation sites is 1. The summed E-state index contributed by atoms with van der Waals surface area (Å²) < 4.78 is 49.2. The number of allylic oxidation sites excluding steroid dienone is 2. The minimum atomic E-state index is -4.86. The molecular formula is C21H19F3N6O3. The molecule has 0 spiro atoms. The van der Waals surface area contributed by atoms with Gasteiger partial charge in [-0.15, -0.1) is 13.2 Å². The Kier molecular flexibility index (Phi) is 5.82. The lowest BCUT2D eigenvalue weighted by molar-refractivity contribution is -0.274. The van der Waals surface area contributed by atoms with E-state index in [4.69, 9.17) is 4.74 Å². The van der Waals surface area contributed by atoms with Gasteiger partial charge in [-0.25, -0.2) is 9.50 Å². The van der Waals surface area contributed by atoms with E-state index in [0.29, 0.717) is 29.7 Å². The maximum atomic E-state index is 13.0. The van der Waals surface area contributed by atoms with E-state index in [9.17, 15) is 18.0 Å². The Balaban J connectivity index is 1.67. The lowest BCUT2D eigenvalue weighted by Crippen LogP contribution is -2.41. The molecule has 1 aromatic carbocycles. The number of rotatable bonds is 6. The first-order valence-electron chi connectivity index (χ1n) is 9.85. The van der Waals surface area contributed by atoms with E-state index >= 15 is 0 Å². The molecule has 0 saturated carbocycles. The van der Waals surface area contributed by atoms with Gasteiger partial charge in [0, 0.05) is 11.6 Å². The average Bonchev–Trinajstić information content (AvgIpc) is 3.09. The Labute approximate surface area is 185 Å². The summed E-state index contributed by atoms with van der Waals surface area (Å²) in [7, 11) is 0. The molecule has 0 radical (unpaired) electrons. The van der Waals surface area contributed by atoms with Crippen LogP contribution < -0.4 is 20.9 Å². The molecule has 33 heavy (non-hydrogen) atoms. The van der Waals surface area contributed by atoms with Crippen molar-refractivity contribution >= 4 is 11.6 Å². The first kappa shape index (κ1) is 22.0. The number of fused-ring (bicyclic) bond motifs is 1. The number of halogens is 3. The van der Waals surface area contributed by atoms with Crippen molar-refractivity contribution in [3.05, 3.63) is 71.6 Å². The van der Waals surface area contributed by atoms with Crippen molar-refractivity contribution in [2.75, 3.05) is 6.61 Å². The highest BCUT2D eigenvalue weighted by atomic mass is 19.4. The second-order valence-corrected chi connectivity index (χ2v) is 6.83. The minimum absolute atomic E-state index is 0.115. The summed E-state index contributed by atoms with van der Waals surface area (Å²) in [5.74, 6) is -0.0667. The third-order valence-corrected chi connectivity index (χ3v) is 4.53. The van der Waals surface area contributed by atoms with E-state index in [0.717, 1.165) is 0 Å². The SMILES string of the molecule is CCOC1=CC=C(NC(=O)c2c(C)nc3ccc(-c4ccccc4OC(F)(F)F)nn23)NN1. The number of aryl methyl sites for hydroxylation is 1. The van der Waals surface area contributed by atoms with Crippen LogP contribution in [-0.4, -0.2) is 33.5 Å². The summed E-state index contributed by atoms with van der Waals surface area (Å²) in [6.45, 7) is 3.95. The van der Waals surface area contributed by atoms with Gasteiger partial charge >= 0.3 is 6.36 Å². The molecule has 3 aromatic rings. The second kappa shape index (κ2) is 8.73. The van der Waals surface area contributed by atoms with E-state index in [1.807, 2.05) is 6.92 Å². The van der Waals surface area contributed by atoms with Crippen molar-refractivity contribution in [3.8, 4) is 17.0 Å². The van der Waals surface area contributed by atoms with Gasteiger partial charge in [-0.05, 0) is 44.2 Å². The summed E-state index contributed by atoms with van der Waals surface area (Å²) in [4.78, 5) is 17.3. The number of carbonyl (C=O) groups excluding carboxylic acids is 1. The average molecular weight is 460 g/mol. The molecule has 3 heterocycles. The molecule has 1 amide bonds. The monoisotopic (exact) mass is 460 g/mol. The lowest BCUT2D eigenvalue weighted by Gasteiger charge is -2.19. The van der Waals surface area contributed by atoms with Crippen molar-refractivity contribution in [1.29, 1.82) is 0 Å². The fraction of sp³-hybridized carbons (Fsp3) is 0.190. The Hall–Kier alpha value is -4.22. The molecule has 0 unspecified atom stereocenters. The second-order valence-electron chi connectivity index (χ2n) is 6.83. The third kappa shape index (κ3) is 4.84. The highest BCUT2D eigenvalue weighted by molar-refractivity contribution is 5.95. The number of amides is 1. The van der Waals surface area contributed by atoms with Gasteiger partial charge in [-0.2, -0.15) is 5.10 Å². The van der Waals surface area contributed by atoms with Crippen molar-refractivity contribution in [3.63, 3.8) is 0 Å².